The van der Waals surface area contributed by atoms with Crippen molar-refractivity contribution < 1.29 is 26.3 Å². The molecule has 0 spiro atoms. The van der Waals surface area contributed by atoms with Crippen molar-refractivity contribution >= 4 is 43.6 Å². The molecule has 0 bridgehead atoms. The number of aromatic nitrogens is 2. The molecule has 0 radical (unpaired) electrons. The molecule has 2 heterocycles. The summed E-state index contributed by atoms with van der Waals surface area (Å²) in [5.41, 5.74) is 6.09. The van der Waals surface area contributed by atoms with Gasteiger partial charge < -0.3 is 9.13 Å². The van der Waals surface area contributed by atoms with Gasteiger partial charge in [-0.05, 0) is 98.6 Å². The van der Waals surface area contributed by atoms with Crippen LogP contribution in [0.3, 0.4) is 0 Å². The van der Waals surface area contributed by atoms with Gasteiger partial charge in [-0.3, -0.25) is 0 Å². The Balaban J connectivity index is 1.27. The van der Waals surface area contributed by atoms with E-state index in [1.165, 1.54) is 12.1 Å². The van der Waals surface area contributed by atoms with Gasteiger partial charge in [-0.25, -0.2) is 13.2 Å². The number of hydrogen-bond donors (Lipinski definition) is 0. The Kier molecular flexibility index (Phi) is 9.88. The molecule has 69 heavy (non-hydrogen) atoms. The van der Waals surface area contributed by atoms with Crippen LogP contribution >= 0.6 is 0 Å². The van der Waals surface area contributed by atoms with Gasteiger partial charge in [0.05, 0.1) is 33.4 Å². The molecule has 332 valence electrons. The Labute approximate surface area is 392 Å². The van der Waals surface area contributed by atoms with Crippen LogP contribution in [0.1, 0.15) is 5.56 Å². The molecule has 0 aliphatic heterocycles. The summed E-state index contributed by atoms with van der Waals surface area (Å²) in [5.74, 6) is -4.67. The minimum absolute atomic E-state index is 0.0914. The minimum atomic E-state index is -5.05. The van der Waals surface area contributed by atoms with E-state index in [1.807, 2.05) is 194 Å². The summed E-state index contributed by atoms with van der Waals surface area (Å²) in [7, 11) is 0. The zero-order valence-corrected chi connectivity index (χ0v) is 36.4. The highest BCUT2D eigenvalue weighted by Gasteiger charge is 2.40. The molecule has 0 unspecified atom stereocenters. The van der Waals surface area contributed by atoms with Crippen molar-refractivity contribution in [1.29, 1.82) is 0 Å². The summed E-state index contributed by atoms with van der Waals surface area (Å²) in [6, 6.07) is 65.5. The van der Waals surface area contributed by atoms with Crippen LogP contribution in [0.25, 0.3) is 111 Å². The average molecular weight is 911 g/mol. The summed E-state index contributed by atoms with van der Waals surface area (Å²) < 4.78 is 101. The van der Waals surface area contributed by atoms with Crippen LogP contribution in [0.15, 0.2) is 218 Å². The second kappa shape index (κ2) is 16.3. The molecule has 0 aliphatic rings. The van der Waals surface area contributed by atoms with E-state index in [-0.39, 0.29) is 16.9 Å². The average Bonchev–Trinajstić information content (AvgIpc) is 3.89. The van der Waals surface area contributed by atoms with E-state index in [9.17, 15) is 4.39 Å². The normalized spacial score (nSPS) is 11.9. The third-order valence-corrected chi connectivity index (χ3v) is 13.2. The third kappa shape index (κ3) is 7.06. The van der Waals surface area contributed by atoms with Gasteiger partial charge in [-0.2, -0.15) is 13.2 Å². The highest BCUT2D eigenvalue weighted by Crippen LogP contribution is 2.48. The highest BCUT2D eigenvalue weighted by atomic mass is 19.4. The van der Waals surface area contributed by atoms with Crippen molar-refractivity contribution in [2.45, 2.75) is 6.18 Å². The zero-order valence-electron chi connectivity index (χ0n) is 36.4. The van der Waals surface area contributed by atoms with Gasteiger partial charge in [0, 0.05) is 27.1 Å². The Hall–Kier alpha value is -8.62. The molecular formula is C61H36F6N2. The second-order valence-electron chi connectivity index (χ2n) is 17.2. The topological polar surface area (TPSA) is 9.86 Å². The van der Waals surface area contributed by atoms with Crippen LogP contribution in [0.5, 0.6) is 0 Å². The van der Waals surface area contributed by atoms with Crippen molar-refractivity contribution in [2.75, 3.05) is 0 Å². The molecule has 0 fully saturated rings. The molecule has 2 nitrogen and oxygen atoms in total. The molecule has 0 N–H and O–H groups in total. The molecule has 0 amide bonds. The van der Waals surface area contributed by atoms with Crippen LogP contribution in [0, 0.1) is 17.5 Å². The fraction of sp³-hybridized carbons (Fsp3) is 0.0164. The molecule has 0 atom stereocenters. The number of halogens is 6. The Bertz CT molecular complexity index is 3530. The number of hydrogen-bond acceptors (Lipinski definition) is 0. The maximum Gasteiger partial charge on any atom is 0.420 e. The van der Waals surface area contributed by atoms with Crippen LogP contribution in [0.4, 0.5) is 26.3 Å². The smallest absolute Gasteiger partial charge is 0.308 e. The van der Waals surface area contributed by atoms with Gasteiger partial charge in [-0.1, -0.05) is 170 Å². The molecule has 8 heteroatoms. The SMILES string of the molecule is Fc1ccc(-c2cc(-n3c4cc(-c5ccccc5)ccc4c4ccc(-c5ccccc5)cc43)c(C(F)(F)F)c(-n3c4cc(-c5ccccc5)ccc4c4ccc(-c5ccccc5)cc43)c2)c(F)c1F. The first kappa shape index (κ1) is 41.8. The minimum Gasteiger partial charge on any atom is -0.308 e. The van der Waals surface area contributed by atoms with Gasteiger partial charge >= 0.3 is 6.18 Å². The lowest BCUT2D eigenvalue weighted by molar-refractivity contribution is -0.137. The predicted octanol–water partition coefficient (Wildman–Crippen LogP) is 17.7. The number of nitrogens with zero attached hydrogens (tertiary/aromatic N) is 2. The van der Waals surface area contributed by atoms with Gasteiger partial charge in [0.15, 0.2) is 17.5 Å². The maximum absolute atomic E-state index is 17.0. The number of rotatable bonds is 7. The Morgan fingerprint density at radius 1 is 0.290 bits per heavy atom. The molecule has 10 aromatic carbocycles. The van der Waals surface area contributed by atoms with Crippen LogP contribution in [-0.2, 0) is 6.18 Å². The monoisotopic (exact) mass is 910 g/mol. The van der Waals surface area contributed by atoms with Crippen molar-refractivity contribution in [3.8, 4) is 67.0 Å². The predicted molar refractivity (Wildman–Crippen MR) is 267 cm³/mol. The highest BCUT2D eigenvalue weighted by molar-refractivity contribution is 6.13. The first-order chi connectivity index (χ1) is 33.6. The maximum atomic E-state index is 17.0. The fourth-order valence-corrected chi connectivity index (χ4v) is 9.96. The van der Waals surface area contributed by atoms with E-state index in [4.69, 9.17) is 0 Å². The van der Waals surface area contributed by atoms with Gasteiger partial charge in [0.1, 0.15) is 5.56 Å². The molecule has 0 saturated carbocycles. The summed E-state index contributed by atoms with van der Waals surface area (Å²) in [4.78, 5) is 0. The lowest BCUT2D eigenvalue weighted by Crippen LogP contribution is -2.16. The quantitative estimate of drug-likeness (QED) is 0.111. The fourth-order valence-electron chi connectivity index (χ4n) is 9.96. The zero-order chi connectivity index (χ0) is 47.0. The number of benzene rings is 10. The summed E-state index contributed by atoms with van der Waals surface area (Å²) in [6.07, 6.45) is -5.05. The van der Waals surface area contributed by atoms with E-state index in [0.717, 1.165) is 56.6 Å². The van der Waals surface area contributed by atoms with Crippen LogP contribution in [0.2, 0.25) is 0 Å². The lowest BCUT2D eigenvalue weighted by atomic mass is 9.98. The first-order valence-electron chi connectivity index (χ1n) is 22.4. The first-order valence-corrected chi connectivity index (χ1v) is 22.4. The van der Waals surface area contributed by atoms with Gasteiger partial charge in [0.25, 0.3) is 0 Å². The summed E-state index contributed by atoms with van der Waals surface area (Å²) in [5, 5.41) is 2.72. The van der Waals surface area contributed by atoms with Crippen LogP contribution in [-0.4, -0.2) is 9.13 Å². The molecular weight excluding hydrogens is 875 g/mol. The molecule has 2 aromatic heterocycles. The Morgan fingerprint density at radius 2 is 0.609 bits per heavy atom. The number of fused-ring (bicyclic) bond motifs is 6. The van der Waals surface area contributed by atoms with E-state index in [0.29, 0.717) is 43.6 Å². The van der Waals surface area contributed by atoms with E-state index < -0.39 is 34.8 Å². The van der Waals surface area contributed by atoms with Gasteiger partial charge in [-0.15, -0.1) is 0 Å². The Morgan fingerprint density at radius 3 is 0.913 bits per heavy atom. The summed E-state index contributed by atoms with van der Waals surface area (Å²) >= 11 is 0. The lowest BCUT2D eigenvalue weighted by Gasteiger charge is -2.23. The van der Waals surface area contributed by atoms with E-state index in [2.05, 4.69) is 0 Å². The van der Waals surface area contributed by atoms with Crippen molar-refractivity contribution in [2.24, 2.45) is 0 Å². The molecule has 0 aliphatic carbocycles. The van der Waals surface area contributed by atoms with Crippen molar-refractivity contribution in [1.82, 2.24) is 9.13 Å². The second-order valence-corrected chi connectivity index (χ2v) is 17.2. The van der Waals surface area contributed by atoms with Gasteiger partial charge in [0.2, 0.25) is 0 Å². The van der Waals surface area contributed by atoms with Crippen molar-refractivity contribution in [3.05, 3.63) is 241 Å². The van der Waals surface area contributed by atoms with Crippen LogP contribution < -0.4 is 0 Å². The summed E-state index contributed by atoms with van der Waals surface area (Å²) in [6.45, 7) is 0. The van der Waals surface area contributed by atoms with E-state index >= 15 is 22.0 Å². The molecule has 12 rings (SSSR count). The number of alkyl halides is 3. The molecule has 0 saturated heterocycles. The third-order valence-electron chi connectivity index (χ3n) is 13.2. The standard InChI is InChI=1S/C61H36F6N2/c62-51-30-29-46(59(63)60(51)64)45-35-56(68-52-31-41(37-13-5-1-6-14-37)21-25-47(52)48-26-22-42(32-53(48)68)38-15-7-2-8-16-38)58(61(65,66)67)57(36-45)69-54-33-43(39-17-9-3-10-18-39)23-27-49(54)50-28-24-44(34-55(50)69)40-19-11-4-12-20-40/h1-36H. The van der Waals surface area contributed by atoms with Crippen molar-refractivity contribution in [3.63, 3.8) is 0 Å². The molecule has 12 aromatic rings. The van der Waals surface area contributed by atoms with E-state index in [1.54, 1.807) is 9.13 Å². The largest absolute Gasteiger partial charge is 0.420 e.